The summed E-state index contributed by atoms with van der Waals surface area (Å²) in [7, 11) is 0. The van der Waals surface area contributed by atoms with Gasteiger partial charge in [-0.3, -0.25) is 4.90 Å². The summed E-state index contributed by atoms with van der Waals surface area (Å²) in [4.78, 5) is 13.7. The van der Waals surface area contributed by atoms with E-state index in [1.54, 1.807) is 17.4 Å². The highest BCUT2D eigenvalue weighted by molar-refractivity contribution is 7.94. The number of piperazine rings is 1. The van der Waals surface area contributed by atoms with Crippen molar-refractivity contribution in [2.45, 2.75) is 11.4 Å². The first-order chi connectivity index (χ1) is 14.3. The molecule has 1 saturated heterocycles. The molecule has 3 aromatic rings. The van der Waals surface area contributed by atoms with E-state index in [0.717, 1.165) is 67.9 Å². The maximum Gasteiger partial charge on any atom is 0.183 e. The van der Waals surface area contributed by atoms with Crippen LogP contribution in [0.2, 0.25) is 0 Å². The molecule has 0 spiro atoms. The van der Waals surface area contributed by atoms with Crippen molar-refractivity contribution in [2.75, 3.05) is 49.5 Å². The van der Waals surface area contributed by atoms with Crippen LogP contribution in [0.3, 0.4) is 0 Å². The summed E-state index contributed by atoms with van der Waals surface area (Å²) in [5.74, 6) is 0.868. The van der Waals surface area contributed by atoms with Crippen LogP contribution < -0.4 is 10.2 Å². The van der Waals surface area contributed by atoms with Gasteiger partial charge < -0.3 is 10.2 Å². The predicted molar refractivity (Wildman–Crippen MR) is 121 cm³/mol. The van der Waals surface area contributed by atoms with Gasteiger partial charge in [-0.15, -0.1) is 11.3 Å². The van der Waals surface area contributed by atoms with Crippen LogP contribution in [0.5, 0.6) is 0 Å². The Bertz CT molecular complexity index is 897. The van der Waals surface area contributed by atoms with Gasteiger partial charge in [-0.1, -0.05) is 36.4 Å². The fourth-order valence-corrected chi connectivity index (χ4v) is 4.42. The minimum Gasteiger partial charge on any atom is -0.361 e. The third-order valence-corrected chi connectivity index (χ3v) is 6.17. The lowest BCUT2D eigenvalue weighted by molar-refractivity contribution is 0.256. The van der Waals surface area contributed by atoms with E-state index >= 15 is 0 Å². The maximum absolute atomic E-state index is 12.7. The van der Waals surface area contributed by atoms with Crippen molar-refractivity contribution < 1.29 is 3.89 Å². The molecule has 0 bridgehead atoms. The molecule has 0 radical (unpaired) electrons. The van der Waals surface area contributed by atoms with Gasteiger partial charge in [0, 0.05) is 43.7 Å². The van der Waals surface area contributed by atoms with Crippen LogP contribution in [0.15, 0.2) is 58.9 Å². The first-order valence-electron chi connectivity index (χ1n) is 9.79. The van der Waals surface area contributed by atoms with Gasteiger partial charge in [0.2, 0.25) is 0 Å². The summed E-state index contributed by atoms with van der Waals surface area (Å²) >= 11 is 1.85. The molecule has 4 rings (SSSR count). The van der Waals surface area contributed by atoms with Gasteiger partial charge in [0.15, 0.2) is 5.13 Å². The Labute approximate surface area is 179 Å². The first kappa shape index (κ1) is 20.1. The topological polar surface area (TPSA) is 44.3 Å². The second-order valence-corrected chi connectivity index (χ2v) is 8.35. The van der Waals surface area contributed by atoms with E-state index in [0.29, 0.717) is 5.03 Å². The summed E-state index contributed by atoms with van der Waals surface area (Å²) in [6, 6.07) is 15.8. The summed E-state index contributed by atoms with van der Waals surface area (Å²) < 4.78 is 12.7. The van der Waals surface area contributed by atoms with Crippen molar-refractivity contribution in [3.8, 4) is 11.3 Å². The lowest BCUT2D eigenvalue weighted by atomic mass is 10.2. The molecule has 0 aliphatic carbocycles. The molecule has 1 N–H and O–H groups in total. The van der Waals surface area contributed by atoms with Gasteiger partial charge >= 0.3 is 0 Å². The number of halogens is 1. The Morgan fingerprint density at radius 2 is 1.83 bits per heavy atom. The van der Waals surface area contributed by atoms with Crippen molar-refractivity contribution >= 4 is 34.4 Å². The van der Waals surface area contributed by atoms with Crippen LogP contribution in [0.4, 0.5) is 14.8 Å². The number of rotatable bonds is 8. The first-order valence-corrected chi connectivity index (χ1v) is 11.4. The van der Waals surface area contributed by atoms with Gasteiger partial charge in [-0.05, 0) is 25.1 Å². The normalized spacial score (nSPS) is 14.9. The molecular weight excluding hydrogens is 405 g/mol. The quantitative estimate of drug-likeness (QED) is 0.519. The van der Waals surface area contributed by atoms with Crippen molar-refractivity contribution in [1.82, 2.24) is 14.9 Å². The number of nitrogens with one attached hydrogen (secondary N) is 1. The van der Waals surface area contributed by atoms with Gasteiger partial charge in [0.05, 0.1) is 5.69 Å². The number of nitrogens with zero attached hydrogens (tertiary/aromatic N) is 4. The Hall–Kier alpha value is -2.16. The highest BCUT2D eigenvalue weighted by atomic mass is 32.2. The van der Waals surface area contributed by atoms with Crippen molar-refractivity contribution in [2.24, 2.45) is 0 Å². The highest BCUT2D eigenvalue weighted by Gasteiger charge is 2.18. The summed E-state index contributed by atoms with van der Waals surface area (Å²) in [5, 5.41) is 6.94. The SMILES string of the molecule is FSc1cccc(N2CCN(CCCNc3nc(-c4ccccc4)cs3)CC2)n1. The Morgan fingerprint density at radius 1 is 1.00 bits per heavy atom. The smallest absolute Gasteiger partial charge is 0.183 e. The Kier molecular flexibility index (Phi) is 6.97. The van der Waals surface area contributed by atoms with E-state index < -0.39 is 0 Å². The van der Waals surface area contributed by atoms with E-state index in [-0.39, 0.29) is 12.1 Å². The molecule has 3 heterocycles. The van der Waals surface area contributed by atoms with Crippen LogP contribution in [-0.2, 0) is 0 Å². The molecule has 0 saturated carbocycles. The molecule has 29 heavy (non-hydrogen) atoms. The van der Waals surface area contributed by atoms with Gasteiger partial charge in [0.25, 0.3) is 0 Å². The molecule has 0 atom stereocenters. The lowest BCUT2D eigenvalue weighted by Gasteiger charge is -2.35. The molecule has 2 aromatic heterocycles. The van der Waals surface area contributed by atoms with E-state index in [1.807, 2.05) is 30.3 Å². The van der Waals surface area contributed by atoms with Crippen LogP contribution in [-0.4, -0.2) is 54.1 Å². The van der Waals surface area contributed by atoms with Crippen LogP contribution in [0.1, 0.15) is 6.42 Å². The highest BCUT2D eigenvalue weighted by Crippen LogP contribution is 2.24. The molecule has 1 aromatic carbocycles. The van der Waals surface area contributed by atoms with Crippen molar-refractivity contribution in [3.05, 3.63) is 53.9 Å². The number of aromatic nitrogens is 2. The van der Waals surface area contributed by atoms with Gasteiger partial charge in [-0.2, -0.15) is 3.89 Å². The van der Waals surface area contributed by atoms with Crippen molar-refractivity contribution in [1.29, 1.82) is 0 Å². The number of thiazole rings is 1. The van der Waals surface area contributed by atoms with E-state index in [1.165, 1.54) is 0 Å². The Balaban J connectivity index is 1.17. The third-order valence-electron chi connectivity index (χ3n) is 4.99. The molecule has 1 aliphatic rings. The maximum atomic E-state index is 12.7. The van der Waals surface area contributed by atoms with Gasteiger partial charge in [0.1, 0.15) is 23.0 Å². The molecule has 0 amide bonds. The number of pyridine rings is 1. The fraction of sp³-hybridized carbons (Fsp3) is 0.333. The second-order valence-electron chi connectivity index (χ2n) is 6.92. The number of hydrogen-bond acceptors (Lipinski definition) is 7. The fourth-order valence-electron chi connectivity index (χ4n) is 3.42. The Morgan fingerprint density at radius 3 is 2.62 bits per heavy atom. The summed E-state index contributed by atoms with van der Waals surface area (Å²) in [5.41, 5.74) is 2.18. The van der Waals surface area contributed by atoms with Crippen molar-refractivity contribution in [3.63, 3.8) is 0 Å². The zero-order chi connectivity index (χ0) is 19.9. The summed E-state index contributed by atoms with van der Waals surface area (Å²) in [6.07, 6.45) is 1.08. The van der Waals surface area contributed by atoms with Crippen LogP contribution in [0.25, 0.3) is 11.3 Å². The zero-order valence-electron chi connectivity index (χ0n) is 16.1. The summed E-state index contributed by atoms with van der Waals surface area (Å²) in [6.45, 7) is 5.83. The molecule has 8 heteroatoms. The zero-order valence-corrected chi connectivity index (χ0v) is 17.8. The minimum absolute atomic E-state index is 0.200. The number of hydrogen-bond donors (Lipinski definition) is 1. The van der Waals surface area contributed by atoms with E-state index in [9.17, 15) is 3.89 Å². The van der Waals surface area contributed by atoms with Crippen LogP contribution >= 0.6 is 23.5 Å². The molecule has 1 fully saturated rings. The van der Waals surface area contributed by atoms with Crippen LogP contribution in [0, 0.1) is 0 Å². The van der Waals surface area contributed by atoms with E-state index in [2.05, 4.69) is 42.6 Å². The second kappa shape index (κ2) is 10.0. The third kappa shape index (κ3) is 5.46. The minimum atomic E-state index is 0.200. The molecule has 0 unspecified atom stereocenters. The molecule has 1 aliphatic heterocycles. The lowest BCUT2D eigenvalue weighted by Crippen LogP contribution is -2.47. The average molecular weight is 430 g/mol. The van der Waals surface area contributed by atoms with Gasteiger partial charge in [-0.25, -0.2) is 9.97 Å². The molecule has 152 valence electrons. The van der Waals surface area contributed by atoms with E-state index in [4.69, 9.17) is 0 Å². The number of anilines is 2. The average Bonchev–Trinajstić information content (AvgIpc) is 3.27. The standard InChI is InChI=1S/C21H24FN5S2/c22-29-20-9-4-8-19(25-20)27-14-12-26(13-15-27)11-5-10-23-21-24-18(16-28-21)17-6-2-1-3-7-17/h1-4,6-9,16H,5,10-15H2,(H,23,24). The largest absolute Gasteiger partial charge is 0.361 e. The molecular formula is C21H24FN5S2. The number of benzene rings is 1. The monoisotopic (exact) mass is 429 g/mol. The predicted octanol–water partition coefficient (Wildman–Crippen LogP) is 4.81. The molecule has 5 nitrogen and oxygen atoms in total.